The van der Waals surface area contributed by atoms with Gasteiger partial charge in [0.15, 0.2) is 0 Å². The predicted octanol–water partition coefficient (Wildman–Crippen LogP) is 2.26. The van der Waals surface area contributed by atoms with Crippen molar-refractivity contribution in [2.24, 2.45) is 0 Å². The first kappa shape index (κ1) is 15.1. The summed E-state index contributed by atoms with van der Waals surface area (Å²) in [5.41, 5.74) is 0. The van der Waals surface area contributed by atoms with Crippen molar-refractivity contribution in [1.82, 2.24) is 10.1 Å². The first-order valence-electron chi connectivity index (χ1n) is 6.24. The molecule has 0 aromatic rings. The summed E-state index contributed by atoms with van der Waals surface area (Å²) < 4.78 is 7.69. The molecule has 1 aliphatic carbocycles. The first-order valence-corrected chi connectivity index (χ1v) is 9.12. The molecule has 0 N–H and O–H groups in total. The second-order valence-corrected chi connectivity index (χ2v) is 13.1. The second kappa shape index (κ2) is 5.37. The third kappa shape index (κ3) is 2.09. The van der Waals surface area contributed by atoms with E-state index in [9.17, 15) is 0 Å². The Morgan fingerprint density at radius 1 is 0.824 bits per heavy atom. The van der Waals surface area contributed by atoms with Crippen molar-refractivity contribution in [1.29, 1.82) is 0 Å². The Labute approximate surface area is 111 Å². The minimum absolute atomic E-state index is 0.219. The van der Waals surface area contributed by atoms with Crippen LogP contribution in [0.3, 0.4) is 0 Å². The zero-order valence-electron chi connectivity index (χ0n) is 12.4. The molecular weight excluding hydrogens is 246 g/mol. The molecule has 1 rings (SSSR count). The Morgan fingerprint density at radius 2 is 1.18 bits per heavy atom. The van der Waals surface area contributed by atoms with Crippen LogP contribution in [0.2, 0.25) is 3.72 Å². The van der Waals surface area contributed by atoms with Crippen LogP contribution < -0.4 is 0 Å². The van der Waals surface area contributed by atoms with E-state index in [-0.39, 0.29) is 3.72 Å². The molecule has 0 saturated carbocycles. The molecule has 4 heteroatoms. The summed E-state index contributed by atoms with van der Waals surface area (Å²) in [4.78, 5) is 0. The van der Waals surface area contributed by atoms with E-state index in [4.69, 9.17) is 0 Å². The molecule has 3 nitrogen and oxygen atoms in total. The molecule has 0 saturated heterocycles. The van der Waals surface area contributed by atoms with Crippen molar-refractivity contribution in [3.63, 3.8) is 0 Å². The van der Waals surface area contributed by atoms with Crippen molar-refractivity contribution < 1.29 is 17.4 Å². The average Bonchev–Trinajstić information content (AvgIpc) is 2.66. The third-order valence-electron chi connectivity index (χ3n) is 3.98. The number of allylic oxidation sites excluding steroid dienone is 4. The van der Waals surface area contributed by atoms with Crippen molar-refractivity contribution in [3.8, 4) is 0 Å². The molecule has 0 unspecified atom stereocenters. The van der Waals surface area contributed by atoms with Crippen LogP contribution in [0.25, 0.3) is 0 Å². The van der Waals surface area contributed by atoms with Crippen molar-refractivity contribution in [3.05, 3.63) is 24.3 Å². The van der Waals surface area contributed by atoms with Crippen molar-refractivity contribution >= 4 is 0 Å². The van der Waals surface area contributed by atoms with Crippen LogP contribution in [-0.4, -0.2) is 52.4 Å². The Kier molecular flexibility index (Phi) is 4.78. The van der Waals surface area contributed by atoms with Gasteiger partial charge >= 0.3 is 111 Å². The molecule has 0 amide bonds. The normalized spacial score (nSPS) is 18.9. The van der Waals surface area contributed by atoms with Gasteiger partial charge in [0.05, 0.1) is 0 Å². The van der Waals surface area contributed by atoms with Crippen molar-refractivity contribution in [2.45, 2.75) is 17.1 Å². The van der Waals surface area contributed by atoms with E-state index < -0.39 is 17.4 Å². The second-order valence-electron chi connectivity index (χ2n) is 5.43. The number of nitrogens with zero attached hydrogens (tertiary/aromatic N) is 3. The molecular formula is C13H27N3Ti. The maximum atomic E-state index is 2.49. The van der Waals surface area contributed by atoms with E-state index in [1.807, 2.05) is 0 Å². The van der Waals surface area contributed by atoms with Crippen LogP contribution in [0.1, 0.15) is 13.3 Å². The molecule has 0 heterocycles. The molecule has 1 aliphatic rings. The molecule has 0 fully saturated rings. The molecule has 0 aliphatic heterocycles. The van der Waals surface area contributed by atoms with Gasteiger partial charge in [0.25, 0.3) is 0 Å². The van der Waals surface area contributed by atoms with Gasteiger partial charge in [-0.1, -0.05) is 0 Å². The molecule has 0 aromatic heterocycles. The molecule has 0 aromatic carbocycles. The molecule has 0 radical (unpaired) electrons. The van der Waals surface area contributed by atoms with Gasteiger partial charge in [0.1, 0.15) is 0 Å². The van der Waals surface area contributed by atoms with Crippen LogP contribution in [0.5, 0.6) is 0 Å². The molecule has 98 valence electrons. The van der Waals surface area contributed by atoms with Gasteiger partial charge in [-0.15, -0.1) is 0 Å². The molecule has 17 heavy (non-hydrogen) atoms. The third-order valence-corrected chi connectivity index (χ3v) is 12.8. The SMILES string of the molecule is CC[C]1([Ti]([N](C)C)([N](C)C)[N](C)C)C=CC=C1. The topological polar surface area (TPSA) is 9.72 Å². The van der Waals surface area contributed by atoms with E-state index in [1.165, 1.54) is 0 Å². The zero-order valence-corrected chi connectivity index (χ0v) is 13.9. The van der Waals surface area contributed by atoms with E-state index in [2.05, 4.69) is 83.7 Å². The van der Waals surface area contributed by atoms with Crippen LogP contribution in [0.4, 0.5) is 0 Å². The monoisotopic (exact) mass is 273 g/mol. The quantitative estimate of drug-likeness (QED) is 0.711. The van der Waals surface area contributed by atoms with Crippen LogP contribution in [0, 0.1) is 0 Å². The average molecular weight is 273 g/mol. The summed E-state index contributed by atoms with van der Waals surface area (Å²) in [5.74, 6) is 0. The van der Waals surface area contributed by atoms with Gasteiger partial charge in [-0.05, 0) is 0 Å². The van der Waals surface area contributed by atoms with Gasteiger partial charge in [-0.2, -0.15) is 0 Å². The molecule has 0 bridgehead atoms. The predicted molar refractivity (Wildman–Crippen MR) is 72.3 cm³/mol. The Balaban J connectivity index is 3.41. The summed E-state index contributed by atoms with van der Waals surface area (Å²) in [7, 11) is 13.4. The van der Waals surface area contributed by atoms with Gasteiger partial charge in [-0.3, -0.25) is 0 Å². The van der Waals surface area contributed by atoms with Crippen LogP contribution in [0.15, 0.2) is 24.3 Å². The summed E-state index contributed by atoms with van der Waals surface area (Å²) in [6.45, 7) is 2.30. The fourth-order valence-corrected chi connectivity index (χ4v) is 13.0. The zero-order chi connectivity index (χ0) is 13.3. The number of hydrogen-bond donors (Lipinski definition) is 0. The van der Waals surface area contributed by atoms with Crippen LogP contribution >= 0.6 is 0 Å². The van der Waals surface area contributed by atoms with E-state index in [0.29, 0.717) is 0 Å². The van der Waals surface area contributed by atoms with E-state index in [0.717, 1.165) is 6.42 Å². The Bertz CT molecular complexity index is 285. The maximum absolute atomic E-state index is 2.54. The Morgan fingerprint density at radius 3 is 1.41 bits per heavy atom. The fraction of sp³-hybridized carbons (Fsp3) is 0.692. The summed E-state index contributed by atoms with van der Waals surface area (Å²) >= 11 is -2.54. The van der Waals surface area contributed by atoms with Gasteiger partial charge in [0, 0.05) is 0 Å². The minimum atomic E-state index is -2.54. The first-order chi connectivity index (χ1) is 7.85. The Hall–Kier alpha value is 0.0743. The van der Waals surface area contributed by atoms with E-state index in [1.54, 1.807) is 0 Å². The van der Waals surface area contributed by atoms with Crippen LogP contribution in [-0.2, 0) is 17.4 Å². The number of rotatable bonds is 5. The summed E-state index contributed by atoms with van der Waals surface area (Å²) in [5, 5.41) is 0. The van der Waals surface area contributed by atoms with E-state index >= 15 is 0 Å². The van der Waals surface area contributed by atoms with Crippen molar-refractivity contribution in [2.75, 3.05) is 42.3 Å². The van der Waals surface area contributed by atoms with Gasteiger partial charge < -0.3 is 0 Å². The molecule has 0 spiro atoms. The summed E-state index contributed by atoms with van der Waals surface area (Å²) in [6, 6.07) is 0. The summed E-state index contributed by atoms with van der Waals surface area (Å²) in [6.07, 6.45) is 10.4. The number of hydrogen-bond acceptors (Lipinski definition) is 3. The molecule has 0 atom stereocenters. The van der Waals surface area contributed by atoms with Gasteiger partial charge in [-0.25, -0.2) is 0 Å². The standard InChI is InChI=1S/C7H9.3C2H6N.Ti/c1-2-7-5-3-4-6-7;3*1-3-2;/h3-6H,2H2,1H3;3*1-2H3;/q;3*-1;+3. The van der Waals surface area contributed by atoms with Gasteiger partial charge in [0.2, 0.25) is 0 Å². The fourth-order valence-electron chi connectivity index (χ4n) is 3.66.